The predicted molar refractivity (Wildman–Crippen MR) is 58.2 cm³/mol. The minimum absolute atomic E-state index is 0.0480. The van der Waals surface area contributed by atoms with E-state index < -0.39 is 0 Å². The van der Waals surface area contributed by atoms with Crippen LogP contribution in [0, 0.1) is 0 Å². The molecular weight excluding hydrogens is 223 g/mol. The molecule has 0 aliphatic rings. The number of hydrogen-bond donors (Lipinski definition) is 2. The number of para-hydroxylation sites is 1. The SMILES string of the molecule is Oc1cccc(CCCC(Cl)Cl)c1O. The zero-order chi connectivity index (χ0) is 10.6. The first-order valence-electron chi connectivity index (χ1n) is 4.39. The van der Waals surface area contributed by atoms with Crippen LogP contribution in [-0.4, -0.2) is 15.0 Å². The van der Waals surface area contributed by atoms with Crippen molar-refractivity contribution in [1.29, 1.82) is 0 Å². The average Bonchev–Trinajstić information content (AvgIpc) is 2.12. The summed E-state index contributed by atoms with van der Waals surface area (Å²) in [6.45, 7) is 0. The lowest BCUT2D eigenvalue weighted by Gasteiger charge is -2.05. The summed E-state index contributed by atoms with van der Waals surface area (Å²) in [5.74, 6) is -0.135. The molecule has 1 aromatic rings. The maximum atomic E-state index is 9.45. The number of alkyl halides is 2. The van der Waals surface area contributed by atoms with E-state index in [-0.39, 0.29) is 16.3 Å². The molecule has 0 atom stereocenters. The standard InChI is InChI=1S/C10H12Cl2O2/c11-9(12)6-2-4-7-3-1-5-8(13)10(7)14/h1,3,5,9,13-14H,2,4,6H2. The number of benzene rings is 1. The van der Waals surface area contributed by atoms with Gasteiger partial charge in [0, 0.05) is 0 Å². The van der Waals surface area contributed by atoms with Crippen LogP contribution in [0.15, 0.2) is 18.2 Å². The Kier molecular flexibility index (Phi) is 4.36. The second-order valence-corrected chi connectivity index (χ2v) is 4.35. The van der Waals surface area contributed by atoms with Crippen molar-refractivity contribution in [2.75, 3.05) is 0 Å². The Balaban J connectivity index is 2.54. The fourth-order valence-corrected chi connectivity index (χ4v) is 1.53. The fraction of sp³-hybridized carbons (Fsp3) is 0.400. The topological polar surface area (TPSA) is 40.5 Å². The molecule has 1 rings (SSSR count). The first-order valence-corrected chi connectivity index (χ1v) is 5.26. The van der Waals surface area contributed by atoms with Crippen LogP contribution >= 0.6 is 23.2 Å². The number of phenols is 2. The number of aromatic hydroxyl groups is 2. The highest BCUT2D eigenvalue weighted by Gasteiger charge is 2.06. The van der Waals surface area contributed by atoms with E-state index in [0.717, 1.165) is 12.0 Å². The molecule has 14 heavy (non-hydrogen) atoms. The third kappa shape index (κ3) is 3.28. The summed E-state index contributed by atoms with van der Waals surface area (Å²) >= 11 is 11.1. The van der Waals surface area contributed by atoms with Gasteiger partial charge >= 0.3 is 0 Å². The molecular formula is C10H12Cl2O2. The maximum Gasteiger partial charge on any atom is 0.160 e. The summed E-state index contributed by atoms with van der Waals surface area (Å²) in [6.07, 6.45) is 2.13. The van der Waals surface area contributed by atoms with E-state index >= 15 is 0 Å². The minimum atomic E-state index is -0.366. The van der Waals surface area contributed by atoms with Gasteiger partial charge in [-0.2, -0.15) is 0 Å². The highest BCUT2D eigenvalue weighted by atomic mass is 35.5. The normalized spacial score (nSPS) is 10.8. The number of hydrogen-bond acceptors (Lipinski definition) is 2. The average molecular weight is 235 g/mol. The molecule has 78 valence electrons. The predicted octanol–water partition coefficient (Wildman–Crippen LogP) is 3.22. The van der Waals surface area contributed by atoms with E-state index in [1.165, 1.54) is 6.07 Å². The van der Waals surface area contributed by atoms with E-state index in [1.807, 2.05) is 0 Å². The van der Waals surface area contributed by atoms with Gasteiger partial charge in [0.2, 0.25) is 0 Å². The summed E-state index contributed by atoms with van der Waals surface area (Å²) in [6, 6.07) is 4.92. The second kappa shape index (κ2) is 5.32. The van der Waals surface area contributed by atoms with E-state index in [0.29, 0.717) is 12.8 Å². The molecule has 0 radical (unpaired) electrons. The molecule has 0 bridgehead atoms. The largest absolute Gasteiger partial charge is 0.504 e. The molecule has 0 spiro atoms. The summed E-state index contributed by atoms with van der Waals surface area (Å²) in [5, 5.41) is 18.7. The Morgan fingerprint density at radius 3 is 2.57 bits per heavy atom. The molecule has 0 aliphatic carbocycles. The Morgan fingerprint density at radius 2 is 1.93 bits per heavy atom. The summed E-state index contributed by atoms with van der Waals surface area (Å²) in [5.41, 5.74) is 0.721. The molecule has 1 aromatic carbocycles. The highest BCUT2D eigenvalue weighted by Crippen LogP contribution is 2.29. The van der Waals surface area contributed by atoms with Crippen molar-refractivity contribution in [1.82, 2.24) is 0 Å². The first-order chi connectivity index (χ1) is 6.61. The molecule has 0 heterocycles. The van der Waals surface area contributed by atoms with Crippen molar-refractivity contribution >= 4 is 23.2 Å². The third-order valence-corrected chi connectivity index (χ3v) is 2.40. The van der Waals surface area contributed by atoms with Crippen molar-refractivity contribution in [3.63, 3.8) is 0 Å². The lowest BCUT2D eigenvalue weighted by Crippen LogP contribution is -1.91. The molecule has 2 nitrogen and oxygen atoms in total. The van der Waals surface area contributed by atoms with Gasteiger partial charge in [-0.1, -0.05) is 12.1 Å². The van der Waals surface area contributed by atoms with Crippen LogP contribution in [0.3, 0.4) is 0 Å². The van der Waals surface area contributed by atoms with E-state index in [2.05, 4.69) is 0 Å². The van der Waals surface area contributed by atoms with Gasteiger partial charge in [-0.15, -0.1) is 23.2 Å². The quantitative estimate of drug-likeness (QED) is 0.621. The van der Waals surface area contributed by atoms with E-state index in [9.17, 15) is 10.2 Å². The van der Waals surface area contributed by atoms with Crippen molar-refractivity contribution in [2.24, 2.45) is 0 Å². The van der Waals surface area contributed by atoms with Gasteiger partial charge in [0.15, 0.2) is 11.5 Å². The minimum Gasteiger partial charge on any atom is -0.504 e. The van der Waals surface area contributed by atoms with Crippen LogP contribution in [0.25, 0.3) is 0 Å². The molecule has 4 heteroatoms. The Hall–Kier alpha value is -0.600. The van der Waals surface area contributed by atoms with Crippen molar-refractivity contribution < 1.29 is 10.2 Å². The Bertz CT molecular complexity index is 300. The van der Waals surface area contributed by atoms with Crippen molar-refractivity contribution in [3.05, 3.63) is 23.8 Å². The zero-order valence-electron chi connectivity index (χ0n) is 7.58. The van der Waals surface area contributed by atoms with Crippen LogP contribution in [0.2, 0.25) is 0 Å². The Morgan fingerprint density at radius 1 is 1.21 bits per heavy atom. The number of halogens is 2. The van der Waals surface area contributed by atoms with Gasteiger partial charge in [0.1, 0.15) is 4.84 Å². The van der Waals surface area contributed by atoms with Gasteiger partial charge in [0.05, 0.1) is 0 Å². The van der Waals surface area contributed by atoms with Gasteiger partial charge < -0.3 is 10.2 Å². The summed E-state index contributed by atoms with van der Waals surface area (Å²) in [7, 11) is 0. The maximum absolute atomic E-state index is 9.45. The third-order valence-electron chi connectivity index (χ3n) is 1.97. The van der Waals surface area contributed by atoms with Gasteiger partial charge in [-0.25, -0.2) is 0 Å². The molecule has 2 N–H and O–H groups in total. The van der Waals surface area contributed by atoms with Gasteiger partial charge in [-0.05, 0) is 30.9 Å². The highest BCUT2D eigenvalue weighted by molar-refractivity contribution is 6.44. The molecule has 0 aliphatic heterocycles. The van der Waals surface area contributed by atoms with Crippen molar-refractivity contribution in [2.45, 2.75) is 24.1 Å². The van der Waals surface area contributed by atoms with Crippen LogP contribution in [0.4, 0.5) is 0 Å². The first kappa shape index (κ1) is 11.5. The molecule has 0 aromatic heterocycles. The molecule has 0 fully saturated rings. The van der Waals surface area contributed by atoms with E-state index in [1.54, 1.807) is 12.1 Å². The van der Waals surface area contributed by atoms with Crippen LogP contribution in [0.5, 0.6) is 11.5 Å². The fourth-order valence-electron chi connectivity index (χ4n) is 1.23. The van der Waals surface area contributed by atoms with Crippen molar-refractivity contribution in [3.8, 4) is 11.5 Å². The van der Waals surface area contributed by atoms with Crippen LogP contribution < -0.4 is 0 Å². The molecule has 0 saturated carbocycles. The van der Waals surface area contributed by atoms with Gasteiger partial charge in [0.25, 0.3) is 0 Å². The lowest BCUT2D eigenvalue weighted by atomic mass is 10.1. The molecule has 0 unspecified atom stereocenters. The smallest absolute Gasteiger partial charge is 0.160 e. The Labute approximate surface area is 93.1 Å². The number of phenolic OH excluding ortho intramolecular Hbond substituents is 2. The number of rotatable bonds is 4. The zero-order valence-corrected chi connectivity index (χ0v) is 9.09. The van der Waals surface area contributed by atoms with Gasteiger partial charge in [-0.3, -0.25) is 0 Å². The summed E-state index contributed by atoms with van der Waals surface area (Å²) in [4.78, 5) is -0.366. The molecule has 0 saturated heterocycles. The van der Waals surface area contributed by atoms with Crippen LogP contribution in [-0.2, 0) is 6.42 Å². The number of aryl methyl sites for hydroxylation is 1. The van der Waals surface area contributed by atoms with E-state index in [4.69, 9.17) is 23.2 Å². The monoisotopic (exact) mass is 234 g/mol. The van der Waals surface area contributed by atoms with Crippen LogP contribution in [0.1, 0.15) is 18.4 Å². The lowest BCUT2D eigenvalue weighted by molar-refractivity contribution is 0.399. The second-order valence-electron chi connectivity index (χ2n) is 3.07. The molecule has 0 amide bonds. The summed E-state index contributed by atoms with van der Waals surface area (Å²) < 4.78 is 0.